The topological polar surface area (TPSA) is 71.8 Å². The zero-order chi connectivity index (χ0) is 22.9. The maximum absolute atomic E-state index is 13.1. The van der Waals surface area contributed by atoms with Gasteiger partial charge in [0.1, 0.15) is 5.75 Å². The Hall–Kier alpha value is -2.16. The highest BCUT2D eigenvalue weighted by Gasteiger charge is 2.29. The predicted molar refractivity (Wildman–Crippen MR) is 124 cm³/mol. The zero-order valence-electron chi connectivity index (χ0n) is 19.2. The van der Waals surface area contributed by atoms with Gasteiger partial charge >= 0.3 is 0 Å². The molecule has 0 atom stereocenters. The van der Waals surface area contributed by atoms with Crippen molar-refractivity contribution < 1.29 is 17.9 Å². The number of carbonyl (C=O) groups is 1. The van der Waals surface area contributed by atoms with Crippen molar-refractivity contribution in [3.63, 3.8) is 0 Å². The predicted octanol–water partition coefficient (Wildman–Crippen LogP) is 3.15. The van der Waals surface area contributed by atoms with Crippen LogP contribution in [0.15, 0.2) is 35.2 Å². The van der Waals surface area contributed by atoms with E-state index in [2.05, 4.69) is 0 Å². The molecule has 32 heavy (non-hydrogen) atoms. The maximum atomic E-state index is 13.1. The second-order valence-electron chi connectivity index (χ2n) is 8.94. The van der Waals surface area contributed by atoms with E-state index in [1.54, 1.807) is 24.3 Å². The average Bonchev–Trinajstić information content (AvgIpc) is 3.38. The van der Waals surface area contributed by atoms with E-state index in [4.69, 9.17) is 4.74 Å². The van der Waals surface area contributed by atoms with Gasteiger partial charge < -0.3 is 9.30 Å². The second kappa shape index (κ2) is 9.37. The normalized spacial score (nSPS) is 18.8. The molecule has 2 aliphatic rings. The van der Waals surface area contributed by atoms with Crippen LogP contribution in [0.4, 0.5) is 0 Å². The number of nitrogens with zero attached hydrogens (tertiary/aromatic N) is 3. The molecular weight excluding hydrogens is 426 g/mol. The molecule has 1 aromatic heterocycles. The Bertz CT molecular complexity index is 1060. The summed E-state index contributed by atoms with van der Waals surface area (Å²) in [6, 6.07) is 8.71. The van der Waals surface area contributed by atoms with E-state index >= 15 is 0 Å². The monoisotopic (exact) mass is 459 g/mol. The van der Waals surface area contributed by atoms with Crippen molar-refractivity contribution in [2.75, 3.05) is 32.7 Å². The first-order chi connectivity index (χ1) is 15.3. The molecule has 0 N–H and O–H groups in total. The van der Waals surface area contributed by atoms with E-state index in [9.17, 15) is 13.2 Å². The molecule has 0 amide bonds. The van der Waals surface area contributed by atoms with Gasteiger partial charge in [0.15, 0.2) is 5.78 Å². The van der Waals surface area contributed by atoms with E-state index in [0.717, 1.165) is 35.5 Å². The Morgan fingerprint density at radius 3 is 2.22 bits per heavy atom. The van der Waals surface area contributed by atoms with Crippen molar-refractivity contribution in [3.05, 3.63) is 47.3 Å². The van der Waals surface area contributed by atoms with Gasteiger partial charge in [-0.25, -0.2) is 8.42 Å². The Kier molecular flexibility index (Phi) is 6.74. The number of aromatic nitrogens is 1. The highest BCUT2D eigenvalue weighted by Crippen LogP contribution is 2.26. The van der Waals surface area contributed by atoms with Crippen LogP contribution in [0, 0.1) is 13.8 Å². The number of rotatable bonds is 7. The molecule has 0 radical (unpaired) electrons. The number of Topliss-reactive ketones (excluding diaryl/α,β-unsaturated/α-hetero) is 1. The lowest BCUT2D eigenvalue weighted by atomic mass is 10.1. The maximum Gasteiger partial charge on any atom is 0.243 e. The number of hydrogen-bond donors (Lipinski definition) is 0. The van der Waals surface area contributed by atoms with E-state index in [-0.39, 0.29) is 16.8 Å². The highest BCUT2D eigenvalue weighted by molar-refractivity contribution is 7.89. The molecule has 8 heteroatoms. The number of ketones is 1. The fourth-order valence-corrected chi connectivity index (χ4v) is 6.01. The average molecular weight is 460 g/mol. The van der Waals surface area contributed by atoms with Gasteiger partial charge in [-0.05, 0) is 69.9 Å². The van der Waals surface area contributed by atoms with Crippen LogP contribution in [0.2, 0.25) is 0 Å². The summed E-state index contributed by atoms with van der Waals surface area (Å²) in [6.07, 6.45) is 4.77. The molecule has 1 aliphatic heterocycles. The van der Waals surface area contributed by atoms with Crippen LogP contribution in [0.25, 0.3) is 0 Å². The Morgan fingerprint density at radius 1 is 1.03 bits per heavy atom. The first kappa shape index (κ1) is 23.0. The van der Waals surface area contributed by atoms with Crippen molar-refractivity contribution in [2.45, 2.75) is 50.5 Å². The molecule has 2 aromatic rings. The molecule has 1 aliphatic carbocycles. The largest absolute Gasteiger partial charge is 0.490 e. The Morgan fingerprint density at radius 2 is 1.66 bits per heavy atom. The van der Waals surface area contributed by atoms with Crippen molar-refractivity contribution >= 4 is 15.8 Å². The van der Waals surface area contributed by atoms with E-state index in [1.807, 2.05) is 36.4 Å². The molecular formula is C24H33N3O4S. The van der Waals surface area contributed by atoms with Gasteiger partial charge in [-0.15, -0.1) is 0 Å². The Labute approximate surface area is 191 Å². The number of ether oxygens (including phenoxy) is 1. The van der Waals surface area contributed by atoms with Crippen LogP contribution in [0.5, 0.6) is 5.75 Å². The number of carbonyl (C=O) groups excluding carboxylic acids is 1. The minimum absolute atomic E-state index is 0.0837. The van der Waals surface area contributed by atoms with Crippen molar-refractivity contribution in [1.29, 1.82) is 0 Å². The summed E-state index contributed by atoms with van der Waals surface area (Å²) in [7, 11) is -1.60. The summed E-state index contributed by atoms with van der Waals surface area (Å²) in [5.74, 6) is 0.811. The van der Waals surface area contributed by atoms with E-state index in [0.29, 0.717) is 32.7 Å². The molecule has 2 heterocycles. The molecule has 174 valence electrons. The summed E-state index contributed by atoms with van der Waals surface area (Å²) in [4.78, 5) is 15.1. The number of benzene rings is 1. The van der Waals surface area contributed by atoms with Gasteiger partial charge in [0.2, 0.25) is 10.0 Å². The fourth-order valence-electron chi connectivity index (χ4n) is 4.59. The van der Waals surface area contributed by atoms with Crippen molar-refractivity contribution in [1.82, 2.24) is 13.8 Å². The zero-order valence-corrected chi connectivity index (χ0v) is 20.0. The minimum atomic E-state index is -3.56. The summed E-state index contributed by atoms with van der Waals surface area (Å²) in [6.45, 7) is 6.09. The van der Waals surface area contributed by atoms with Crippen LogP contribution >= 0.6 is 0 Å². The lowest BCUT2D eigenvalue weighted by Gasteiger charge is -2.33. The standard InChI is InChI=1S/C24H33N3O4S/c1-18-16-23(19(2)25(18)3)24(28)17-26-12-14-27(15-13-26)32(29,30)22-10-8-21(9-11-22)31-20-6-4-5-7-20/h8-11,16,20H,4-7,12-15,17H2,1-3H3. The van der Waals surface area contributed by atoms with Gasteiger partial charge in [-0.1, -0.05) is 0 Å². The number of hydrogen-bond acceptors (Lipinski definition) is 5. The van der Waals surface area contributed by atoms with Gasteiger partial charge in [0, 0.05) is 50.2 Å². The molecule has 0 unspecified atom stereocenters. The molecule has 1 saturated heterocycles. The SMILES string of the molecule is Cc1cc(C(=O)CN2CCN(S(=O)(=O)c3ccc(OC4CCCC4)cc3)CC2)c(C)n1C. The third-order valence-electron chi connectivity index (χ3n) is 6.84. The summed E-state index contributed by atoms with van der Waals surface area (Å²) in [5, 5.41) is 0. The first-order valence-corrected chi connectivity index (χ1v) is 12.8. The van der Waals surface area contributed by atoms with Gasteiger partial charge in [0.05, 0.1) is 17.5 Å². The van der Waals surface area contributed by atoms with E-state index < -0.39 is 10.0 Å². The number of piperazine rings is 1. The first-order valence-electron chi connectivity index (χ1n) is 11.4. The third-order valence-corrected chi connectivity index (χ3v) is 8.75. The van der Waals surface area contributed by atoms with Crippen LogP contribution in [0.1, 0.15) is 47.4 Å². The molecule has 0 bridgehead atoms. The molecule has 2 fully saturated rings. The summed E-state index contributed by atoms with van der Waals surface area (Å²) in [5.41, 5.74) is 2.77. The van der Waals surface area contributed by atoms with Crippen molar-refractivity contribution in [2.24, 2.45) is 7.05 Å². The molecule has 1 saturated carbocycles. The quantitative estimate of drug-likeness (QED) is 0.595. The lowest BCUT2D eigenvalue weighted by molar-refractivity contribution is 0.0901. The highest BCUT2D eigenvalue weighted by atomic mass is 32.2. The third kappa shape index (κ3) is 4.77. The van der Waals surface area contributed by atoms with Gasteiger partial charge in [0.25, 0.3) is 0 Å². The molecule has 0 spiro atoms. The number of sulfonamides is 1. The smallest absolute Gasteiger partial charge is 0.243 e. The molecule has 7 nitrogen and oxygen atoms in total. The van der Waals surface area contributed by atoms with Gasteiger partial charge in [-0.3, -0.25) is 9.69 Å². The summed E-state index contributed by atoms with van der Waals surface area (Å²) >= 11 is 0. The minimum Gasteiger partial charge on any atom is -0.490 e. The molecule has 1 aromatic carbocycles. The second-order valence-corrected chi connectivity index (χ2v) is 10.9. The fraction of sp³-hybridized carbons (Fsp3) is 0.542. The van der Waals surface area contributed by atoms with E-state index in [1.165, 1.54) is 17.1 Å². The Balaban J connectivity index is 1.33. The van der Waals surface area contributed by atoms with Gasteiger partial charge in [-0.2, -0.15) is 4.31 Å². The summed E-state index contributed by atoms with van der Waals surface area (Å²) < 4.78 is 35.6. The van der Waals surface area contributed by atoms with Crippen LogP contribution < -0.4 is 4.74 Å². The molecule has 4 rings (SSSR count). The van der Waals surface area contributed by atoms with Crippen LogP contribution in [-0.2, 0) is 17.1 Å². The van der Waals surface area contributed by atoms with Crippen LogP contribution in [0.3, 0.4) is 0 Å². The number of aryl methyl sites for hydroxylation is 1. The lowest BCUT2D eigenvalue weighted by Crippen LogP contribution is -2.49. The van der Waals surface area contributed by atoms with Crippen molar-refractivity contribution in [3.8, 4) is 5.75 Å². The van der Waals surface area contributed by atoms with Crippen LogP contribution in [-0.4, -0.2) is 66.8 Å².